The Bertz CT molecular complexity index is 941. The number of carbonyl (C=O) groups excluding carboxylic acids is 2. The molecule has 1 aromatic rings. The van der Waals surface area contributed by atoms with Crippen molar-refractivity contribution in [2.75, 3.05) is 18.1 Å². The maximum Gasteiger partial charge on any atom is 0.271 e. The lowest BCUT2D eigenvalue weighted by Crippen LogP contribution is -2.44. The number of non-ortho nitro benzene ring substituents is 1. The van der Waals surface area contributed by atoms with Crippen LogP contribution in [0.2, 0.25) is 0 Å². The summed E-state index contributed by atoms with van der Waals surface area (Å²) in [6, 6.07) is 3.98. The van der Waals surface area contributed by atoms with Crippen molar-refractivity contribution in [3.8, 4) is 5.75 Å². The monoisotopic (exact) mass is 400 g/mol. The largest absolute Gasteiger partial charge is 0.482 e. The molecule has 0 saturated heterocycles. The quantitative estimate of drug-likeness (QED) is 0.616. The summed E-state index contributed by atoms with van der Waals surface area (Å²) in [5, 5.41) is 15.5. The van der Waals surface area contributed by atoms with E-state index in [1.54, 1.807) is 0 Å². The summed E-state index contributed by atoms with van der Waals surface area (Å²) in [6.45, 7) is 6.21. The molecular weight excluding hydrogens is 376 g/mol. The van der Waals surface area contributed by atoms with E-state index in [4.69, 9.17) is 4.74 Å². The number of nitro groups is 1. The Hall–Kier alpha value is -2.97. The first-order chi connectivity index (χ1) is 13.6. The Morgan fingerprint density at radius 3 is 2.79 bits per heavy atom. The van der Waals surface area contributed by atoms with Crippen LogP contribution in [0.4, 0.5) is 11.4 Å². The number of hydrogen-bond donors (Lipinski definition) is 1. The van der Waals surface area contributed by atoms with Crippen molar-refractivity contribution < 1.29 is 19.2 Å². The number of carbonyl (C=O) groups is 2. The van der Waals surface area contributed by atoms with Gasteiger partial charge in [0.2, 0.25) is 0 Å². The zero-order chi connectivity index (χ0) is 21.0. The minimum Gasteiger partial charge on any atom is -0.482 e. The molecule has 0 spiro atoms. The highest BCUT2D eigenvalue weighted by Crippen LogP contribution is 2.63. The number of nitro benzene ring substituents is 1. The minimum absolute atomic E-state index is 0.0348. The second-order valence-electron chi connectivity index (χ2n) is 8.76. The third-order valence-corrected chi connectivity index (χ3v) is 7.23. The van der Waals surface area contributed by atoms with E-state index >= 15 is 0 Å². The number of fused-ring (bicyclic) bond motifs is 3. The lowest BCUT2D eigenvalue weighted by Gasteiger charge is -2.34. The van der Waals surface area contributed by atoms with E-state index in [1.165, 1.54) is 29.5 Å². The van der Waals surface area contributed by atoms with E-state index in [0.717, 1.165) is 18.6 Å². The summed E-state index contributed by atoms with van der Waals surface area (Å²) in [7, 11) is 0. The molecule has 1 aliphatic heterocycles. The molecule has 2 atom stereocenters. The molecule has 0 unspecified atom stereocenters. The van der Waals surface area contributed by atoms with E-state index < -0.39 is 16.7 Å². The predicted octanol–water partition coefficient (Wildman–Crippen LogP) is 2.64. The van der Waals surface area contributed by atoms with Crippen LogP contribution in [-0.4, -0.2) is 35.6 Å². The number of rotatable bonds is 4. The highest BCUT2D eigenvalue weighted by atomic mass is 16.6. The van der Waals surface area contributed by atoms with Gasteiger partial charge >= 0.3 is 0 Å². The van der Waals surface area contributed by atoms with Gasteiger partial charge in [-0.25, -0.2) is 5.43 Å². The van der Waals surface area contributed by atoms with Crippen molar-refractivity contribution in [3.05, 3.63) is 28.3 Å². The van der Waals surface area contributed by atoms with E-state index in [2.05, 4.69) is 31.3 Å². The molecule has 29 heavy (non-hydrogen) atoms. The summed E-state index contributed by atoms with van der Waals surface area (Å²) >= 11 is 0. The highest BCUT2D eigenvalue weighted by molar-refractivity contribution is 6.03. The van der Waals surface area contributed by atoms with Crippen molar-refractivity contribution in [1.82, 2.24) is 5.43 Å². The second kappa shape index (κ2) is 6.53. The molecule has 2 bridgehead atoms. The van der Waals surface area contributed by atoms with Gasteiger partial charge in [0.25, 0.3) is 17.5 Å². The lowest BCUT2D eigenvalue weighted by atomic mass is 9.70. The van der Waals surface area contributed by atoms with Crippen LogP contribution in [-0.2, 0) is 9.59 Å². The third-order valence-electron chi connectivity index (χ3n) is 7.23. The fraction of sp³-hybridized carbons (Fsp3) is 0.550. The molecule has 154 valence electrons. The van der Waals surface area contributed by atoms with Crippen LogP contribution in [0, 0.1) is 26.9 Å². The fourth-order valence-electron chi connectivity index (χ4n) is 4.88. The molecule has 4 rings (SSSR count). The van der Waals surface area contributed by atoms with Gasteiger partial charge in [0.15, 0.2) is 6.61 Å². The predicted molar refractivity (Wildman–Crippen MR) is 106 cm³/mol. The Morgan fingerprint density at radius 1 is 1.41 bits per heavy atom. The molecule has 9 heteroatoms. The molecule has 0 aromatic heterocycles. The van der Waals surface area contributed by atoms with Gasteiger partial charge in [-0.05, 0) is 36.7 Å². The molecule has 3 aliphatic rings. The molecule has 2 aliphatic carbocycles. The molecule has 2 amide bonds. The van der Waals surface area contributed by atoms with Crippen molar-refractivity contribution in [3.63, 3.8) is 0 Å². The SMILES string of the molecule is CC1(C)[C@H]2CC[C@@]1(C)/C(=N/NC(=O)CN1C(=O)COc3ccc([N+](=O)[O-])cc31)C2. The standard InChI is InChI=1S/C20H24N4O5/c1-19(2)12-6-7-20(19,3)16(8-12)21-22-17(25)10-23-14-9-13(24(27)28)4-5-15(14)29-11-18(23)26/h4-5,9,12H,6-8,10-11H2,1-3H3,(H,22,25)/b21-16+/t12-,20-/m0/s1. The Morgan fingerprint density at radius 2 is 2.17 bits per heavy atom. The number of benzene rings is 1. The number of hydrazone groups is 1. The number of amides is 2. The number of anilines is 1. The van der Waals surface area contributed by atoms with Gasteiger partial charge in [0.05, 0.1) is 10.6 Å². The highest BCUT2D eigenvalue weighted by Gasteiger charge is 2.60. The Balaban J connectivity index is 1.50. The van der Waals surface area contributed by atoms with E-state index in [-0.39, 0.29) is 35.4 Å². The summed E-state index contributed by atoms with van der Waals surface area (Å²) in [4.78, 5) is 36.5. The van der Waals surface area contributed by atoms with E-state index in [0.29, 0.717) is 11.7 Å². The molecule has 2 fully saturated rings. The van der Waals surface area contributed by atoms with Crippen LogP contribution in [0.3, 0.4) is 0 Å². The second-order valence-corrected chi connectivity index (χ2v) is 8.76. The molecule has 0 radical (unpaired) electrons. The van der Waals surface area contributed by atoms with Gasteiger partial charge in [0, 0.05) is 23.3 Å². The molecule has 1 heterocycles. The molecule has 1 aromatic carbocycles. The number of nitrogens with zero attached hydrogens (tertiary/aromatic N) is 3. The topological polar surface area (TPSA) is 114 Å². The maximum atomic E-state index is 12.5. The van der Waals surface area contributed by atoms with Crippen LogP contribution in [0.1, 0.15) is 40.0 Å². The lowest BCUT2D eigenvalue weighted by molar-refractivity contribution is -0.384. The average Bonchev–Trinajstić information content (AvgIpc) is 3.01. The summed E-state index contributed by atoms with van der Waals surface area (Å²) in [6.07, 6.45) is 3.10. The van der Waals surface area contributed by atoms with Gasteiger partial charge in [-0.1, -0.05) is 20.8 Å². The van der Waals surface area contributed by atoms with Crippen molar-refractivity contribution in [2.24, 2.45) is 21.8 Å². The number of nitrogens with one attached hydrogen (secondary N) is 1. The third kappa shape index (κ3) is 2.95. The van der Waals surface area contributed by atoms with Crippen LogP contribution in [0.5, 0.6) is 5.75 Å². The smallest absolute Gasteiger partial charge is 0.271 e. The van der Waals surface area contributed by atoms with Crippen LogP contribution in [0.15, 0.2) is 23.3 Å². The first-order valence-electron chi connectivity index (χ1n) is 9.71. The van der Waals surface area contributed by atoms with Gasteiger partial charge in [-0.15, -0.1) is 0 Å². The fourth-order valence-corrected chi connectivity index (χ4v) is 4.88. The Kier molecular flexibility index (Phi) is 4.36. The molecular formula is C20H24N4O5. The normalized spacial score (nSPS) is 28.2. The Labute approximate surface area is 168 Å². The molecule has 9 nitrogen and oxygen atoms in total. The maximum absolute atomic E-state index is 12.5. The van der Waals surface area contributed by atoms with Gasteiger partial charge in [-0.2, -0.15) is 5.10 Å². The van der Waals surface area contributed by atoms with Gasteiger partial charge in [-0.3, -0.25) is 24.6 Å². The van der Waals surface area contributed by atoms with E-state index in [1.807, 2.05) is 0 Å². The van der Waals surface area contributed by atoms with Crippen LogP contribution < -0.4 is 15.1 Å². The zero-order valence-corrected chi connectivity index (χ0v) is 16.7. The van der Waals surface area contributed by atoms with Crippen LogP contribution >= 0.6 is 0 Å². The van der Waals surface area contributed by atoms with E-state index in [9.17, 15) is 19.7 Å². The average molecular weight is 400 g/mol. The number of hydrogen-bond acceptors (Lipinski definition) is 6. The van der Waals surface area contributed by atoms with Crippen molar-refractivity contribution in [1.29, 1.82) is 0 Å². The first-order valence-corrected chi connectivity index (χ1v) is 9.71. The van der Waals surface area contributed by atoms with Gasteiger partial charge in [0.1, 0.15) is 12.3 Å². The van der Waals surface area contributed by atoms with Crippen molar-refractivity contribution >= 4 is 28.9 Å². The summed E-state index contributed by atoms with van der Waals surface area (Å²) in [5.74, 6) is 0.0104. The summed E-state index contributed by atoms with van der Waals surface area (Å²) in [5.41, 5.74) is 3.74. The minimum atomic E-state index is -0.554. The summed E-state index contributed by atoms with van der Waals surface area (Å²) < 4.78 is 5.32. The molecule has 2 saturated carbocycles. The number of ether oxygens (including phenoxy) is 1. The van der Waals surface area contributed by atoms with Crippen LogP contribution in [0.25, 0.3) is 0 Å². The molecule has 1 N–H and O–H groups in total. The zero-order valence-electron chi connectivity index (χ0n) is 16.7. The first kappa shape index (κ1) is 19.4. The van der Waals surface area contributed by atoms with Crippen molar-refractivity contribution in [2.45, 2.75) is 40.0 Å². The van der Waals surface area contributed by atoms with Gasteiger partial charge < -0.3 is 4.74 Å².